The molecule has 1 aliphatic rings. The maximum Gasteiger partial charge on any atom is 0.200 e. The van der Waals surface area contributed by atoms with Gasteiger partial charge in [0.15, 0.2) is 11.1 Å². The summed E-state index contributed by atoms with van der Waals surface area (Å²) in [4.78, 5) is 13.0. The number of hydrogen-bond acceptors (Lipinski definition) is 6. The molecule has 2 heterocycles. The number of nitriles is 1. The average molecular weight is 423 g/mol. The van der Waals surface area contributed by atoms with E-state index >= 15 is 0 Å². The number of nitrogens with one attached hydrogen (secondary N) is 1. The molecule has 0 aliphatic carbocycles. The zero-order valence-corrected chi connectivity index (χ0v) is 17.9. The van der Waals surface area contributed by atoms with Crippen LogP contribution in [0.1, 0.15) is 16.5 Å². The Morgan fingerprint density at radius 1 is 1.07 bits per heavy atom. The highest BCUT2D eigenvalue weighted by atomic mass is 32.2. The summed E-state index contributed by atoms with van der Waals surface area (Å²) in [6.45, 7) is 5.11. The summed E-state index contributed by atoms with van der Waals surface area (Å²) in [5.74, 6) is 0.490. The van der Waals surface area contributed by atoms with E-state index in [2.05, 4.69) is 16.9 Å². The standard InChI is InChI=1S/C22H23N5O2S/c1-16-6-5-7-17(14-16)30(28,29)20(15-23)21-22(27-12-10-26(2)11-13-27)25-19-9-4-3-8-18(19)24-21/h3-9,14,20H,10-13H2,1-2H3/p+1/t20-/m0/s1. The SMILES string of the molecule is Cc1cccc(S(=O)(=O)[C@@H](C#N)c2nc3ccccc3nc2N2CC[NH+](C)CC2)c1. The maximum atomic E-state index is 13.4. The largest absolute Gasteiger partial charge is 0.344 e. The number of likely N-dealkylation sites (N-methyl/N-ethyl adjacent to an activating group) is 1. The van der Waals surface area contributed by atoms with Gasteiger partial charge in [-0.15, -0.1) is 0 Å². The van der Waals surface area contributed by atoms with E-state index in [0.29, 0.717) is 16.9 Å². The van der Waals surface area contributed by atoms with Crippen molar-refractivity contribution < 1.29 is 13.3 Å². The van der Waals surface area contributed by atoms with E-state index in [1.165, 1.54) is 11.0 Å². The predicted molar refractivity (Wildman–Crippen MR) is 115 cm³/mol. The minimum absolute atomic E-state index is 0.123. The number of rotatable bonds is 4. The number of para-hydroxylation sites is 2. The Morgan fingerprint density at radius 3 is 2.37 bits per heavy atom. The van der Waals surface area contributed by atoms with Gasteiger partial charge < -0.3 is 9.80 Å². The number of nitrogens with zero attached hydrogens (tertiary/aromatic N) is 4. The van der Waals surface area contributed by atoms with E-state index in [4.69, 9.17) is 4.98 Å². The first kappa shape index (κ1) is 20.3. The van der Waals surface area contributed by atoms with Gasteiger partial charge in [-0.1, -0.05) is 24.3 Å². The number of aromatic nitrogens is 2. The van der Waals surface area contributed by atoms with Gasteiger partial charge in [0.05, 0.1) is 55.2 Å². The molecule has 30 heavy (non-hydrogen) atoms. The van der Waals surface area contributed by atoms with E-state index in [1.54, 1.807) is 18.2 Å². The second-order valence-corrected chi connectivity index (χ2v) is 9.77. The third-order valence-corrected chi connectivity index (χ3v) is 7.35. The average Bonchev–Trinajstić information content (AvgIpc) is 2.74. The molecule has 0 radical (unpaired) electrons. The Labute approximate surface area is 176 Å². The van der Waals surface area contributed by atoms with Crippen molar-refractivity contribution in [2.75, 3.05) is 38.1 Å². The van der Waals surface area contributed by atoms with E-state index < -0.39 is 15.1 Å². The number of anilines is 1. The Balaban J connectivity index is 1.89. The third-order valence-electron chi connectivity index (χ3n) is 5.49. The fraction of sp³-hybridized carbons (Fsp3) is 0.318. The molecule has 0 spiro atoms. The van der Waals surface area contributed by atoms with Gasteiger partial charge in [-0.05, 0) is 36.8 Å². The van der Waals surface area contributed by atoms with Crippen LogP contribution in [0.5, 0.6) is 0 Å². The lowest BCUT2D eigenvalue weighted by atomic mass is 10.2. The molecule has 0 unspecified atom stereocenters. The summed E-state index contributed by atoms with van der Waals surface area (Å²) in [7, 11) is -1.83. The molecule has 7 nitrogen and oxygen atoms in total. The van der Waals surface area contributed by atoms with Crippen molar-refractivity contribution in [3.63, 3.8) is 0 Å². The summed E-state index contributed by atoms with van der Waals surface area (Å²) in [5, 5.41) is 8.53. The van der Waals surface area contributed by atoms with Crippen LogP contribution in [0, 0.1) is 18.3 Å². The number of fused-ring (bicyclic) bond motifs is 1. The molecule has 2 aromatic carbocycles. The number of hydrogen-bond donors (Lipinski definition) is 1. The van der Waals surface area contributed by atoms with Crippen molar-refractivity contribution in [2.24, 2.45) is 0 Å². The van der Waals surface area contributed by atoms with Crippen LogP contribution in [0.25, 0.3) is 11.0 Å². The Morgan fingerprint density at radius 2 is 1.73 bits per heavy atom. The number of benzene rings is 2. The van der Waals surface area contributed by atoms with E-state index in [-0.39, 0.29) is 10.6 Å². The molecule has 154 valence electrons. The van der Waals surface area contributed by atoms with Gasteiger partial charge >= 0.3 is 0 Å². The molecular formula is C22H24N5O2S+. The minimum atomic E-state index is -3.96. The Hall–Kier alpha value is -3.02. The lowest BCUT2D eigenvalue weighted by Gasteiger charge is -2.32. The van der Waals surface area contributed by atoms with Crippen molar-refractivity contribution >= 4 is 26.7 Å². The van der Waals surface area contributed by atoms with Crippen LogP contribution in [0.2, 0.25) is 0 Å². The molecule has 3 aromatic rings. The van der Waals surface area contributed by atoms with Crippen LogP contribution in [0.4, 0.5) is 5.82 Å². The van der Waals surface area contributed by atoms with Crippen LogP contribution < -0.4 is 9.80 Å². The highest BCUT2D eigenvalue weighted by Gasteiger charge is 2.35. The molecule has 0 bridgehead atoms. The number of sulfone groups is 1. The lowest BCUT2D eigenvalue weighted by Crippen LogP contribution is -3.12. The Kier molecular flexibility index (Phi) is 5.41. The van der Waals surface area contributed by atoms with Gasteiger partial charge in [0.25, 0.3) is 0 Å². The van der Waals surface area contributed by atoms with Gasteiger partial charge in [0, 0.05) is 0 Å². The van der Waals surface area contributed by atoms with E-state index in [1.807, 2.05) is 37.3 Å². The highest BCUT2D eigenvalue weighted by molar-refractivity contribution is 7.92. The quantitative estimate of drug-likeness (QED) is 0.682. The van der Waals surface area contributed by atoms with Gasteiger partial charge in [0.1, 0.15) is 5.69 Å². The molecule has 1 atom stereocenters. The van der Waals surface area contributed by atoms with Crippen molar-refractivity contribution in [1.29, 1.82) is 5.26 Å². The summed E-state index contributed by atoms with van der Waals surface area (Å²) in [5.41, 5.74) is 2.29. The molecule has 0 saturated carbocycles. The first-order valence-electron chi connectivity index (χ1n) is 9.93. The molecule has 1 aliphatic heterocycles. The topological polar surface area (TPSA) is 91.4 Å². The normalized spacial score (nSPS) is 16.4. The Bertz CT molecular complexity index is 1230. The summed E-state index contributed by atoms with van der Waals surface area (Å²) in [6.07, 6.45) is 0. The van der Waals surface area contributed by atoms with Crippen molar-refractivity contribution in [2.45, 2.75) is 17.1 Å². The van der Waals surface area contributed by atoms with Gasteiger partial charge in [-0.3, -0.25) is 0 Å². The van der Waals surface area contributed by atoms with Gasteiger partial charge in [0.2, 0.25) is 9.84 Å². The molecule has 0 amide bonds. The van der Waals surface area contributed by atoms with Crippen LogP contribution in [-0.2, 0) is 9.84 Å². The van der Waals surface area contributed by atoms with Crippen LogP contribution in [0.15, 0.2) is 53.4 Å². The monoisotopic (exact) mass is 422 g/mol. The molecule has 1 fully saturated rings. The molecule has 4 rings (SSSR count). The van der Waals surface area contributed by atoms with Gasteiger partial charge in [-0.2, -0.15) is 5.26 Å². The molecule has 1 aromatic heterocycles. The molecule has 8 heteroatoms. The smallest absolute Gasteiger partial charge is 0.200 e. The number of piperazine rings is 1. The number of aryl methyl sites for hydroxylation is 1. The first-order chi connectivity index (χ1) is 14.4. The summed E-state index contributed by atoms with van der Waals surface area (Å²) < 4.78 is 26.9. The highest BCUT2D eigenvalue weighted by Crippen LogP contribution is 2.34. The number of quaternary nitrogens is 1. The van der Waals surface area contributed by atoms with Crippen molar-refractivity contribution in [1.82, 2.24) is 9.97 Å². The summed E-state index contributed by atoms with van der Waals surface area (Å²) >= 11 is 0. The zero-order chi connectivity index (χ0) is 21.3. The fourth-order valence-corrected chi connectivity index (χ4v) is 5.20. The first-order valence-corrected chi connectivity index (χ1v) is 11.5. The van der Waals surface area contributed by atoms with Crippen molar-refractivity contribution in [3.8, 4) is 6.07 Å². The maximum absolute atomic E-state index is 13.4. The molecule has 1 saturated heterocycles. The molecule has 1 N–H and O–H groups in total. The predicted octanol–water partition coefficient (Wildman–Crippen LogP) is 1.31. The second kappa shape index (κ2) is 8.01. The zero-order valence-electron chi connectivity index (χ0n) is 17.0. The van der Waals surface area contributed by atoms with E-state index in [0.717, 1.165) is 31.7 Å². The van der Waals surface area contributed by atoms with Crippen LogP contribution in [0.3, 0.4) is 0 Å². The lowest BCUT2D eigenvalue weighted by molar-refractivity contribution is -0.880. The van der Waals surface area contributed by atoms with Crippen LogP contribution in [-0.4, -0.2) is 51.6 Å². The third kappa shape index (κ3) is 3.74. The van der Waals surface area contributed by atoms with Crippen LogP contribution >= 0.6 is 0 Å². The van der Waals surface area contributed by atoms with E-state index in [9.17, 15) is 13.7 Å². The van der Waals surface area contributed by atoms with Crippen molar-refractivity contribution in [3.05, 3.63) is 59.8 Å². The van der Waals surface area contributed by atoms with Gasteiger partial charge in [-0.25, -0.2) is 18.4 Å². The fourth-order valence-electron chi connectivity index (χ4n) is 3.72. The minimum Gasteiger partial charge on any atom is -0.344 e. The summed E-state index contributed by atoms with van der Waals surface area (Å²) in [6, 6.07) is 16.0. The molecular weight excluding hydrogens is 398 g/mol. The second-order valence-electron chi connectivity index (χ2n) is 7.74.